The molecule has 0 radical (unpaired) electrons. The molecule has 0 unspecified atom stereocenters. The Bertz CT molecular complexity index is 2180. The fraction of sp³-hybridized carbons (Fsp3) is 0. The Balaban J connectivity index is 1.70. The van der Waals surface area contributed by atoms with Gasteiger partial charge in [-0.3, -0.25) is 0 Å². The van der Waals surface area contributed by atoms with Gasteiger partial charge in [-0.1, -0.05) is 42.5 Å². The molecule has 0 aliphatic heterocycles. The van der Waals surface area contributed by atoms with Crippen LogP contribution in [0.3, 0.4) is 0 Å². The normalized spacial score (nSPS) is 11.1. The highest BCUT2D eigenvalue weighted by molar-refractivity contribution is 6.29. The van der Waals surface area contributed by atoms with E-state index in [1.54, 1.807) is 18.2 Å². The third-order valence-corrected chi connectivity index (χ3v) is 7.23. The first-order valence-electron chi connectivity index (χ1n) is 12.1. The highest BCUT2D eigenvalue weighted by atomic mass is 15.0. The Labute approximate surface area is 217 Å². The van der Waals surface area contributed by atoms with Gasteiger partial charge in [0.15, 0.2) is 0 Å². The van der Waals surface area contributed by atoms with Gasteiger partial charge in [0, 0.05) is 27.2 Å². The van der Waals surface area contributed by atoms with E-state index in [2.05, 4.69) is 57.7 Å². The van der Waals surface area contributed by atoms with Gasteiger partial charge in [0.2, 0.25) is 0 Å². The second-order valence-corrected chi connectivity index (χ2v) is 9.14. The van der Waals surface area contributed by atoms with Gasteiger partial charge in [0.25, 0.3) is 0 Å². The summed E-state index contributed by atoms with van der Waals surface area (Å²) in [4.78, 5) is 0. The van der Waals surface area contributed by atoms with Crippen LogP contribution >= 0.6 is 0 Å². The van der Waals surface area contributed by atoms with Crippen LogP contribution in [0.5, 0.6) is 0 Å². The van der Waals surface area contributed by atoms with Crippen LogP contribution in [0.2, 0.25) is 0 Å². The third-order valence-electron chi connectivity index (χ3n) is 7.23. The van der Waals surface area contributed by atoms with Gasteiger partial charge in [0.1, 0.15) is 12.1 Å². The number of hydrogen-bond donors (Lipinski definition) is 0. The van der Waals surface area contributed by atoms with Gasteiger partial charge in [-0.05, 0) is 60.7 Å². The molecule has 174 valence electrons. The second-order valence-electron chi connectivity index (χ2n) is 9.14. The fourth-order valence-electron chi connectivity index (χ4n) is 5.69. The maximum absolute atomic E-state index is 9.97. The Morgan fingerprint density at radius 1 is 0.447 bits per heavy atom. The summed E-state index contributed by atoms with van der Waals surface area (Å²) in [5.74, 6) is 0. The molecule has 0 N–H and O–H groups in total. The van der Waals surface area contributed by atoms with Crippen molar-refractivity contribution in [3.05, 3.63) is 120 Å². The number of hydrogen-bond acceptors (Lipinski definition) is 3. The van der Waals surface area contributed by atoms with E-state index in [0.717, 1.165) is 49.3 Å². The lowest BCUT2D eigenvalue weighted by atomic mass is 10.1. The van der Waals surface area contributed by atoms with E-state index in [0.29, 0.717) is 22.4 Å². The third kappa shape index (κ3) is 2.83. The van der Waals surface area contributed by atoms with Gasteiger partial charge in [-0.2, -0.15) is 15.8 Å². The minimum Gasteiger partial charge on any atom is -0.309 e. The SMILES string of the molecule is N#Cc1ccc(-n2c3ccccc3c3c4c5ccccc5n(-c5c(C#N)cccc5C#N)c4ccc32)cc1. The number of para-hydroxylation sites is 3. The molecule has 0 amide bonds. The van der Waals surface area contributed by atoms with Crippen molar-refractivity contribution in [3.63, 3.8) is 0 Å². The highest BCUT2D eigenvalue weighted by Crippen LogP contribution is 2.42. The zero-order valence-electron chi connectivity index (χ0n) is 20.1. The van der Waals surface area contributed by atoms with Gasteiger partial charge < -0.3 is 9.13 Å². The van der Waals surface area contributed by atoms with Crippen LogP contribution in [0, 0.1) is 34.0 Å². The first-order valence-corrected chi connectivity index (χ1v) is 12.1. The maximum atomic E-state index is 9.97. The summed E-state index contributed by atoms with van der Waals surface area (Å²) in [6, 6.07) is 40.3. The molecule has 5 nitrogen and oxygen atoms in total. The second kappa shape index (κ2) is 8.10. The van der Waals surface area contributed by atoms with Gasteiger partial charge in [0.05, 0.1) is 50.5 Å². The predicted octanol–water partition coefficient (Wildman–Crippen LogP) is 7.50. The average molecular weight is 484 g/mol. The molecule has 38 heavy (non-hydrogen) atoms. The lowest BCUT2D eigenvalue weighted by molar-refractivity contribution is 1.15. The zero-order chi connectivity index (χ0) is 25.8. The summed E-state index contributed by atoms with van der Waals surface area (Å²) < 4.78 is 4.27. The van der Waals surface area contributed by atoms with E-state index in [9.17, 15) is 15.8 Å². The van der Waals surface area contributed by atoms with Gasteiger partial charge in [-0.15, -0.1) is 0 Å². The van der Waals surface area contributed by atoms with Gasteiger partial charge in [-0.25, -0.2) is 0 Å². The number of nitriles is 3. The van der Waals surface area contributed by atoms with Crippen molar-refractivity contribution in [1.29, 1.82) is 15.8 Å². The summed E-state index contributed by atoms with van der Waals surface area (Å²) in [6.07, 6.45) is 0. The summed E-state index contributed by atoms with van der Waals surface area (Å²) in [7, 11) is 0. The first kappa shape index (κ1) is 21.5. The standard InChI is InChI=1S/C33H17N5/c34-18-21-12-14-24(15-13-21)37-27-10-3-1-8-25(27)31-29(37)16-17-30-32(31)26-9-2-4-11-28(26)38(30)33-22(19-35)6-5-7-23(33)20-36/h1-17H. The van der Waals surface area contributed by atoms with E-state index >= 15 is 0 Å². The Morgan fingerprint density at radius 3 is 1.53 bits per heavy atom. The van der Waals surface area contributed by atoms with Crippen LogP contribution in [0.4, 0.5) is 0 Å². The van der Waals surface area contributed by atoms with Crippen LogP contribution in [0.1, 0.15) is 16.7 Å². The van der Waals surface area contributed by atoms with Crippen LogP contribution in [0.15, 0.2) is 103 Å². The molecule has 0 fully saturated rings. The molecule has 5 aromatic carbocycles. The van der Waals surface area contributed by atoms with Crippen LogP contribution in [-0.4, -0.2) is 9.13 Å². The average Bonchev–Trinajstić information content (AvgIpc) is 3.49. The quantitative estimate of drug-likeness (QED) is 0.255. The number of benzene rings is 5. The number of fused-ring (bicyclic) bond motifs is 7. The van der Waals surface area contributed by atoms with Crippen molar-refractivity contribution in [1.82, 2.24) is 9.13 Å². The summed E-state index contributed by atoms with van der Waals surface area (Å²) >= 11 is 0. The van der Waals surface area contributed by atoms with Crippen molar-refractivity contribution < 1.29 is 0 Å². The van der Waals surface area contributed by atoms with Crippen molar-refractivity contribution in [3.8, 4) is 29.6 Å². The largest absolute Gasteiger partial charge is 0.309 e. The minimum absolute atomic E-state index is 0.451. The molecular formula is C33H17N5. The molecular weight excluding hydrogens is 466 g/mol. The summed E-state index contributed by atoms with van der Waals surface area (Å²) in [5, 5.41) is 33.5. The molecule has 2 aromatic heterocycles. The molecule has 7 aromatic rings. The van der Waals surface area contributed by atoms with E-state index in [-0.39, 0.29) is 0 Å². The summed E-state index contributed by atoms with van der Waals surface area (Å²) in [5.41, 5.74) is 7.05. The first-order chi connectivity index (χ1) is 18.7. The van der Waals surface area contributed by atoms with Crippen LogP contribution < -0.4 is 0 Å². The van der Waals surface area contributed by atoms with Crippen molar-refractivity contribution in [2.75, 3.05) is 0 Å². The number of nitrogens with zero attached hydrogens (tertiary/aromatic N) is 5. The minimum atomic E-state index is 0.451. The van der Waals surface area contributed by atoms with Crippen molar-refractivity contribution in [2.24, 2.45) is 0 Å². The molecule has 0 aliphatic rings. The van der Waals surface area contributed by atoms with Gasteiger partial charge >= 0.3 is 0 Å². The van der Waals surface area contributed by atoms with E-state index in [1.165, 1.54) is 0 Å². The molecule has 0 atom stereocenters. The van der Waals surface area contributed by atoms with E-state index in [1.807, 2.05) is 54.6 Å². The summed E-state index contributed by atoms with van der Waals surface area (Å²) in [6.45, 7) is 0. The Morgan fingerprint density at radius 2 is 0.974 bits per heavy atom. The van der Waals surface area contributed by atoms with E-state index in [4.69, 9.17) is 0 Å². The van der Waals surface area contributed by atoms with Crippen molar-refractivity contribution in [2.45, 2.75) is 0 Å². The maximum Gasteiger partial charge on any atom is 0.101 e. The lowest BCUT2D eigenvalue weighted by Gasteiger charge is -2.12. The molecule has 0 bridgehead atoms. The molecule has 0 saturated heterocycles. The Hall–Kier alpha value is -5.83. The lowest BCUT2D eigenvalue weighted by Crippen LogP contribution is -2.01. The fourth-order valence-corrected chi connectivity index (χ4v) is 5.69. The van der Waals surface area contributed by atoms with E-state index < -0.39 is 0 Å². The molecule has 0 saturated carbocycles. The van der Waals surface area contributed by atoms with Crippen LogP contribution in [-0.2, 0) is 0 Å². The molecule has 2 heterocycles. The molecule has 0 spiro atoms. The van der Waals surface area contributed by atoms with Crippen molar-refractivity contribution >= 4 is 43.6 Å². The molecule has 5 heteroatoms. The predicted molar refractivity (Wildman–Crippen MR) is 149 cm³/mol. The van der Waals surface area contributed by atoms with Crippen LogP contribution in [0.25, 0.3) is 55.0 Å². The number of aromatic nitrogens is 2. The highest BCUT2D eigenvalue weighted by Gasteiger charge is 2.22. The smallest absolute Gasteiger partial charge is 0.101 e. The Kier molecular flexibility index (Phi) is 4.57. The monoisotopic (exact) mass is 483 g/mol. The molecule has 7 rings (SSSR count). The molecule has 0 aliphatic carbocycles. The zero-order valence-corrected chi connectivity index (χ0v) is 20.1. The number of rotatable bonds is 2. The topological polar surface area (TPSA) is 81.2 Å².